The Balaban J connectivity index is 1.77. The molecule has 0 saturated carbocycles. The molecule has 0 aliphatic rings. The van der Waals surface area contributed by atoms with Gasteiger partial charge < -0.3 is 4.74 Å². The molecule has 0 radical (unpaired) electrons. The van der Waals surface area contributed by atoms with Gasteiger partial charge in [0.2, 0.25) is 0 Å². The molecular formula is C20H17IN2O2. The number of rotatable bonds is 4. The maximum atomic E-state index is 12.3. The van der Waals surface area contributed by atoms with Gasteiger partial charge in [0.1, 0.15) is 5.75 Å². The largest absolute Gasteiger partial charge is 0.496 e. The Bertz CT molecular complexity index is 967. The van der Waals surface area contributed by atoms with Gasteiger partial charge in [0.05, 0.1) is 16.4 Å². The maximum Gasteiger partial charge on any atom is 0.271 e. The van der Waals surface area contributed by atoms with Gasteiger partial charge in [0, 0.05) is 5.56 Å². The average molecular weight is 444 g/mol. The molecule has 1 N–H and O–H groups in total. The number of nitrogens with one attached hydrogen (secondary N) is 1. The lowest BCUT2D eigenvalue weighted by molar-refractivity contribution is 0.0954. The fourth-order valence-electron chi connectivity index (χ4n) is 2.49. The molecule has 0 heterocycles. The van der Waals surface area contributed by atoms with Gasteiger partial charge in [-0.05, 0) is 70.1 Å². The molecule has 0 aliphatic heterocycles. The third kappa shape index (κ3) is 3.99. The summed E-state index contributed by atoms with van der Waals surface area (Å²) in [6.07, 6.45) is 0. The summed E-state index contributed by atoms with van der Waals surface area (Å²) >= 11 is 2.14. The first kappa shape index (κ1) is 17.4. The summed E-state index contributed by atoms with van der Waals surface area (Å²) in [5.74, 6) is 0.494. The minimum Gasteiger partial charge on any atom is -0.496 e. The summed E-state index contributed by atoms with van der Waals surface area (Å²) in [6.45, 7) is 1.88. The number of halogens is 1. The van der Waals surface area contributed by atoms with E-state index >= 15 is 0 Å². The van der Waals surface area contributed by atoms with E-state index in [2.05, 4.69) is 57.4 Å². The van der Waals surface area contributed by atoms with Crippen LogP contribution < -0.4 is 10.2 Å². The van der Waals surface area contributed by atoms with E-state index in [0.717, 1.165) is 26.0 Å². The van der Waals surface area contributed by atoms with Crippen molar-refractivity contribution in [3.05, 3.63) is 75.4 Å². The second-order valence-electron chi connectivity index (χ2n) is 5.55. The number of fused-ring (bicyclic) bond motifs is 1. The van der Waals surface area contributed by atoms with Gasteiger partial charge in [-0.15, -0.1) is 0 Å². The predicted molar refractivity (Wildman–Crippen MR) is 109 cm³/mol. The van der Waals surface area contributed by atoms with Crippen molar-refractivity contribution in [2.75, 3.05) is 7.11 Å². The number of ether oxygens (including phenoxy) is 1. The van der Waals surface area contributed by atoms with E-state index in [1.807, 2.05) is 25.1 Å². The minimum atomic E-state index is -0.249. The lowest BCUT2D eigenvalue weighted by Crippen LogP contribution is -2.19. The number of carbonyl (C=O) groups is 1. The fourth-order valence-corrected chi connectivity index (χ4v) is 3.22. The summed E-state index contributed by atoms with van der Waals surface area (Å²) in [5.41, 5.74) is 4.88. The molecular weight excluding hydrogens is 427 g/mol. The minimum absolute atomic E-state index is 0.249. The van der Waals surface area contributed by atoms with Gasteiger partial charge in [-0.1, -0.05) is 36.4 Å². The molecule has 0 fully saturated rings. The molecule has 0 spiro atoms. The zero-order valence-corrected chi connectivity index (χ0v) is 16.1. The highest BCUT2D eigenvalue weighted by Gasteiger charge is 2.08. The highest BCUT2D eigenvalue weighted by Crippen LogP contribution is 2.21. The number of hydrogen-bond donors (Lipinski definition) is 1. The number of carbonyl (C=O) groups excluding carboxylic acids is 1. The normalized spacial score (nSPS) is 11.4. The van der Waals surface area contributed by atoms with Crippen LogP contribution in [0.25, 0.3) is 10.8 Å². The third-order valence-electron chi connectivity index (χ3n) is 3.91. The third-order valence-corrected chi connectivity index (χ3v) is 4.75. The number of nitrogens with zero attached hydrogens (tertiary/aromatic N) is 1. The molecule has 3 aromatic carbocycles. The summed E-state index contributed by atoms with van der Waals surface area (Å²) in [5, 5.41) is 6.55. The zero-order valence-electron chi connectivity index (χ0n) is 13.9. The van der Waals surface area contributed by atoms with Gasteiger partial charge >= 0.3 is 0 Å². The van der Waals surface area contributed by atoms with E-state index in [0.29, 0.717) is 5.56 Å². The first-order valence-electron chi connectivity index (χ1n) is 7.76. The van der Waals surface area contributed by atoms with Crippen LogP contribution in [0.15, 0.2) is 65.8 Å². The second kappa shape index (κ2) is 7.65. The molecule has 0 atom stereocenters. The molecule has 126 valence electrons. The second-order valence-corrected chi connectivity index (χ2v) is 6.71. The highest BCUT2D eigenvalue weighted by atomic mass is 127. The molecule has 25 heavy (non-hydrogen) atoms. The van der Waals surface area contributed by atoms with Crippen LogP contribution in [0.1, 0.15) is 22.8 Å². The van der Waals surface area contributed by atoms with Crippen LogP contribution in [0.3, 0.4) is 0 Å². The molecule has 0 unspecified atom stereocenters. The number of hydrazone groups is 1. The Kier molecular flexibility index (Phi) is 5.33. The number of methoxy groups -OCH3 is 1. The SMILES string of the molecule is COc1ccc(C(=O)NN=C(C)c2ccc3ccccc3c2)cc1I. The van der Waals surface area contributed by atoms with Crippen LogP contribution in [-0.4, -0.2) is 18.7 Å². The molecule has 0 aromatic heterocycles. The van der Waals surface area contributed by atoms with E-state index in [1.165, 1.54) is 5.39 Å². The van der Waals surface area contributed by atoms with Gasteiger partial charge in [-0.25, -0.2) is 5.43 Å². The van der Waals surface area contributed by atoms with Gasteiger partial charge in [-0.3, -0.25) is 4.79 Å². The van der Waals surface area contributed by atoms with Crippen LogP contribution in [0.2, 0.25) is 0 Å². The molecule has 0 aliphatic carbocycles. The van der Waals surface area contributed by atoms with Crippen LogP contribution >= 0.6 is 22.6 Å². The van der Waals surface area contributed by atoms with Crippen molar-refractivity contribution in [2.24, 2.45) is 5.10 Å². The average Bonchev–Trinajstić information content (AvgIpc) is 2.65. The van der Waals surface area contributed by atoms with Gasteiger partial charge in [0.25, 0.3) is 5.91 Å². The van der Waals surface area contributed by atoms with Crippen molar-refractivity contribution in [3.8, 4) is 5.75 Å². The van der Waals surface area contributed by atoms with Crippen molar-refractivity contribution in [1.29, 1.82) is 0 Å². The predicted octanol–water partition coefficient (Wildman–Crippen LogP) is 4.61. The number of benzene rings is 3. The molecule has 4 nitrogen and oxygen atoms in total. The lowest BCUT2D eigenvalue weighted by atomic mass is 10.0. The molecule has 3 rings (SSSR count). The van der Waals surface area contributed by atoms with Gasteiger partial charge in [0.15, 0.2) is 0 Å². The molecule has 5 heteroatoms. The van der Waals surface area contributed by atoms with E-state index in [1.54, 1.807) is 25.3 Å². The summed E-state index contributed by atoms with van der Waals surface area (Å²) in [7, 11) is 1.61. The van der Waals surface area contributed by atoms with Crippen LogP contribution in [0, 0.1) is 3.57 Å². The summed E-state index contributed by atoms with van der Waals surface area (Å²) in [4.78, 5) is 12.3. The standard InChI is InChI=1S/C20H17IN2O2/c1-13(15-8-7-14-5-3-4-6-16(14)11-15)22-23-20(24)17-9-10-19(25-2)18(21)12-17/h3-12H,1-2H3,(H,23,24). The Morgan fingerprint density at radius 1 is 1.00 bits per heavy atom. The number of hydrogen-bond acceptors (Lipinski definition) is 3. The van der Waals surface area contributed by atoms with Crippen molar-refractivity contribution in [1.82, 2.24) is 5.43 Å². The first-order chi connectivity index (χ1) is 12.1. The Labute approximate surface area is 160 Å². The van der Waals surface area contributed by atoms with Crippen molar-refractivity contribution in [2.45, 2.75) is 6.92 Å². The lowest BCUT2D eigenvalue weighted by Gasteiger charge is -2.07. The molecule has 3 aromatic rings. The highest BCUT2D eigenvalue weighted by molar-refractivity contribution is 14.1. The fraction of sp³-hybridized carbons (Fsp3) is 0.100. The molecule has 1 amide bonds. The van der Waals surface area contributed by atoms with E-state index in [-0.39, 0.29) is 5.91 Å². The first-order valence-corrected chi connectivity index (χ1v) is 8.83. The van der Waals surface area contributed by atoms with E-state index in [4.69, 9.17) is 4.74 Å². The van der Waals surface area contributed by atoms with Crippen molar-refractivity contribution >= 4 is 45.0 Å². The summed E-state index contributed by atoms with van der Waals surface area (Å²) < 4.78 is 6.08. The van der Waals surface area contributed by atoms with Gasteiger partial charge in [-0.2, -0.15) is 5.10 Å². The Morgan fingerprint density at radius 2 is 1.72 bits per heavy atom. The smallest absolute Gasteiger partial charge is 0.271 e. The zero-order chi connectivity index (χ0) is 17.8. The van der Waals surface area contributed by atoms with Crippen LogP contribution in [0.4, 0.5) is 0 Å². The van der Waals surface area contributed by atoms with Crippen LogP contribution in [-0.2, 0) is 0 Å². The quantitative estimate of drug-likeness (QED) is 0.363. The molecule has 0 bridgehead atoms. The van der Waals surface area contributed by atoms with Crippen molar-refractivity contribution < 1.29 is 9.53 Å². The topological polar surface area (TPSA) is 50.7 Å². The Morgan fingerprint density at radius 3 is 2.44 bits per heavy atom. The summed E-state index contributed by atoms with van der Waals surface area (Å²) in [6, 6.07) is 19.5. The van der Waals surface area contributed by atoms with E-state index < -0.39 is 0 Å². The number of amides is 1. The maximum absolute atomic E-state index is 12.3. The molecule has 0 saturated heterocycles. The van der Waals surface area contributed by atoms with Crippen molar-refractivity contribution in [3.63, 3.8) is 0 Å². The van der Waals surface area contributed by atoms with E-state index in [9.17, 15) is 4.79 Å². The monoisotopic (exact) mass is 444 g/mol. The Hall–Kier alpha value is -2.41. The van der Waals surface area contributed by atoms with Crippen LogP contribution in [0.5, 0.6) is 5.75 Å².